The molecule has 0 fully saturated rings. The first-order chi connectivity index (χ1) is 6.25. The van der Waals surface area contributed by atoms with E-state index in [1.165, 1.54) is 6.07 Å². The highest BCUT2D eigenvalue weighted by molar-refractivity contribution is 5.61. The molecular formula is C8H7N3O2. The first-order valence-corrected chi connectivity index (χ1v) is 3.60. The van der Waals surface area contributed by atoms with E-state index < -0.39 is 4.92 Å². The lowest BCUT2D eigenvalue weighted by molar-refractivity contribution is -0.383. The number of hydrogen-bond acceptors (Lipinski definition) is 4. The van der Waals surface area contributed by atoms with Gasteiger partial charge < -0.3 is 5.32 Å². The van der Waals surface area contributed by atoms with Crippen LogP contribution in [0.3, 0.4) is 0 Å². The predicted molar refractivity (Wildman–Crippen MR) is 47.2 cm³/mol. The van der Waals surface area contributed by atoms with Gasteiger partial charge in [0.1, 0.15) is 12.2 Å². The van der Waals surface area contributed by atoms with Gasteiger partial charge in [0.2, 0.25) is 0 Å². The Balaban J connectivity index is 2.92. The average molecular weight is 177 g/mol. The summed E-state index contributed by atoms with van der Waals surface area (Å²) in [4.78, 5) is 9.98. The number of anilines is 1. The van der Waals surface area contributed by atoms with Crippen molar-refractivity contribution in [2.45, 2.75) is 0 Å². The fourth-order valence-electron chi connectivity index (χ4n) is 0.917. The van der Waals surface area contributed by atoms with Crippen molar-refractivity contribution in [3.63, 3.8) is 0 Å². The summed E-state index contributed by atoms with van der Waals surface area (Å²) in [5.41, 5.74) is 0.354. The van der Waals surface area contributed by atoms with Crippen molar-refractivity contribution in [2.24, 2.45) is 0 Å². The Morgan fingerprint density at radius 1 is 1.54 bits per heavy atom. The quantitative estimate of drug-likeness (QED) is 0.431. The first kappa shape index (κ1) is 9.00. The maximum atomic E-state index is 10.5. The van der Waals surface area contributed by atoms with Gasteiger partial charge in [-0.2, -0.15) is 5.26 Å². The fourth-order valence-corrected chi connectivity index (χ4v) is 0.917. The number of nitro benzene ring substituents is 1. The molecule has 0 unspecified atom stereocenters. The van der Waals surface area contributed by atoms with Gasteiger partial charge in [-0.1, -0.05) is 12.1 Å². The topological polar surface area (TPSA) is 79.0 Å². The molecule has 1 aromatic rings. The zero-order valence-electron chi connectivity index (χ0n) is 6.73. The van der Waals surface area contributed by atoms with Crippen LogP contribution >= 0.6 is 0 Å². The molecule has 5 heteroatoms. The van der Waals surface area contributed by atoms with Crippen molar-refractivity contribution in [3.8, 4) is 6.07 Å². The van der Waals surface area contributed by atoms with Gasteiger partial charge in [0.05, 0.1) is 11.0 Å². The number of para-hydroxylation sites is 2. The lowest BCUT2D eigenvalue weighted by atomic mass is 10.2. The van der Waals surface area contributed by atoms with Crippen LogP contribution in [-0.4, -0.2) is 11.5 Å². The number of nitrogens with one attached hydrogen (secondary N) is 1. The van der Waals surface area contributed by atoms with Gasteiger partial charge >= 0.3 is 0 Å². The van der Waals surface area contributed by atoms with Crippen LogP contribution in [0.1, 0.15) is 0 Å². The van der Waals surface area contributed by atoms with Crippen molar-refractivity contribution in [3.05, 3.63) is 34.4 Å². The minimum absolute atomic E-state index is 0.0160. The minimum Gasteiger partial charge on any atom is -0.367 e. The monoisotopic (exact) mass is 177 g/mol. The van der Waals surface area contributed by atoms with Gasteiger partial charge in [0, 0.05) is 6.07 Å². The Hall–Kier alpha value is -2.09. The van der Waals surface area contributed by atoms with Crippen molar-refractivity contribution >= 4 is 11.4 Å². The third-order valence-electron chi connectivity index (χ3n) is 1.46. The lowest BCUT2D eigenvalue weighted by Gasteiger charge is -2.01. The van der Waals surface area contributed by atoms with E-state index in [0.29, 0.717) is 5.69 Å². The van der Waals surface area contributed by atoms with E-state index in [0.717, 1.165) is 0 Å². The number of hydrogen-bond donors (Lipinski definition) is 1. The van der Waals surface area contributed by atoms with Crippen molar-refractivity contribution < 1.29 is 4.92 Å². The summed E-state index contributed by atoms with van der Waals surface area (Å²) in [6.07, 6.45) is 0. The molecule has 13 heavy (non-hydrogen) atoms. The molecule has 0 aromatic heterocycles. The molecule has 0 atom stereocenters. The number of benzene rings is 1. The highest BCUT2D eigenvalue weighted by Crippen LogP contribution is 2.22. The van der Waals surface area contributed by atoms with Gasteiger partial charge in [-0.25, -0.2) is 0 Å². The first-order valence-electron chi connectivity index (χ1n) is 3.60. The number of nitriles is 1. The highest BCUT2D eigenvalue weighted by atomic mass is 16.6. The number of rotatable bonds is 3. The number of nitro groups is 1. The summed E-state index contributed by atoms with van der Waals surface area (Å²) in [6, 6.07) is 8.05. The zero-order valence-corrected chi connectivity index (χ0v) is 6.73. The SMILES string of the molecule is N#CCNc1ccccc1[N+](=O)[O-]. The second kappa shape index (κ2) is 4.07. The second-order valence-electron chi connectivity index (χ2n) is 2.29. The van der Waals surface area contributed by atoms with Gasteiger partial charge in [-0.3, -0.25) is 10.1 Å². The van der Waals surface area contributed by atoms with Crippen LogP contribution in [0.25, 0.3) is 0 Å². The lowest BCUT2D eigenvalue weighted by Crippen LogP contribution is -2.01. The van der Waals surface area contributed by atoms with Crippen molar-refractivity contribution in [1.82, 2.24) is 0 Å². The van der Waals surface area contributed by atoms with Crippen LogP contribution in [0.4, 0.5) is 11.4 Å². The van der Waals surface area contributed by atoms with Crippen LogP contribution in [0.5, 0.6) is 0 Å². The van der Waals surface area contributed by atoms with Gasteiger partial charge in [0.25, 0.3) is 5.69 Å². The van der Waals surface area contributed by atoms with Crippen LogP contribution in [0.2, 0.25) is 0 Å². The second-order valence-corrected chi connectivity index (χ2v) is 2.29. The van der Waals surface area contributed by atoms with Crippen LogP contribution < -0.4 is 5.32 Å². The molecule has 0 aliphatic rings. The molecule has 5 nitrogen and oxygen atoms in total. The molecule has 0 saturated carbocycles. The molecule has 0 radical (unpaired) electrons. The molecule has 1 N–H and O–H groups in total. The van der Waals surface area contributed by atoms with Gasteiger partial charge in [-0.05, 0) is 6.07 Å². The highest BCUT2D eigenvalue weighted by Gasteiger charge is 2.10. The van der Waals surface area contributed by atoms with Crippen molar-refractivity contribution in [2.75, 3.05) is 11.9 Å². The summed E-state index contributed by atoms with van der Waals surface area (Å²) in [6.45, 7) is 0.0604. The minimum atomic E-state index is -0.486. The predicted octanol–water partition coefficient (Wildman–Crippen LogP) is 1.53. The summed E-state index contributed by atoms with van der Waals surface area (Å²) in [5.74, 6) is 0. The van der Waals surface area contributed by atoms with E-state index in [2.05, 4.69) is 5.32 Å². The smallest absolute Gasteiger partial charge is 0.292 e. The van der Waals surface area contributed by atoms with E-state index in [1.54, 1.807) is 18.2 Å². The third-order valence-corrected chi connectivity index (χ3v) is 1.46. The van der Waals surface area contributed by atoms with E-state index >= 15 is 0 Å². The largest absolute Gasteiger partial charge is 0.367 e. The Morgan fingerprint density at radius 2 is 2.23 bits per heavy atom. The Bertz CT molecular complexity index is 357. The fraction of sp³-hybridized carbons (Fsp3) is 0.125. The van der Waals surface area contributed by atoms with E-state index in [-0.39, 0.29) is 12.2 Å². The summed E-state index contributed by atoms with van der Waals surface area (Å²) in [5, 5.41) is 21.4. The van der Waals surface area contributed by atoms with Crippen LogP contribution in [-0.2, 0) is 0 Å². The summed E-state index contributed by atoms with van der Waals surface area (Å²) < 4.78 is 0. The zero-order chi connectivity index (χ0) is 9.68. The molecule has 0 bridgehead atoms. The number of nitrogens with zero attached hydrogens (tertiary/aromatic N) is 2. The maximum absolute atomic E-state index is 10.5. The molecule has 0 spiro atoms. The molecule has 0 aliphatic heterocycles. The normalized spacial score (nSPS) is 8.85. The van der Waals surface area contributed by atoms with E-state index in [1.807, 2.05) is 6.07 Å². The molecule has 0 amide bonds. The van der Waals surface area contributed by atoms with Crippen molar-refractivity contribution in [1.29, 1.82) is 5.26 Å². The van der Waals surface area contributed by atoms with Crippen LogP contribution in [0.15, 0.2) is 24.3 Å². The third kappa shape index (κ3) is 2.17. The van der Waals surface area contributed by atoms with Crippen LogP contribution in [0, 0.1) is 21.4 Å². The molecular weight excluding hydrogens is 170 g/mol. The molecule has 0 heterocycles. The molecule has 1 aromatic carbocycles. The standard InChI is InChI=1S/C8H7N3O2/c9-5-6-10-7-3-1-2-4-8(7)11(12)13/h1-4,10H,6H2. The maximum Gasteiger partial charge on any atom is 0.292 e. The molecule has 1 rings (SSSR count). The average Bonchev–Trinajstić information content (AvgIpc) is 2.15. The Labute approximate surface area is 74.8 Å². The van der Waals surface area contributed by atoms with E-state index in [4.69, 9.17) is 5.26 Å². The summed E-state index contributed by atoms with van der Waals surface area (Å²) in [7, 11) is 0. The summed E-state index contributed by atoms with van der Waals surface area (Å²) >= 11 is 0. The molecule has 0 aliphatic carbocycles. The molecule has 0 saturated heterocycles. The molecule has 66 valence electrons. The Morgan fingerprint density at radius 3 is 2.85 bits per heavy atom. The van der Waals surface area contributed by atoms with Gasteiger partial charge in [-0.15, -0.1) is 0 Å². The Kier molecular flexibility index (Phi) is 2.82. The van der Waals surface area contributed by atoms with Gasteiger partial charge in [0.15, 0.2) is 0 Å². The van der Waals surface area contributed by atoms with E-state index in [9.17, 15) is 10.1 Å².